The average Bonchev–Trinajstić information content (AvgIpc) is 3.13. The Morgan fingerprint density at radius 3 is 2.77 bits per heavy atom. The fraction of sp³-hybridized carbons (Fsp3) is 0.412. The average molecular weight is 298 g/mol. The molecule has 1 aromatic heterocycles. The minimum absolute atomic E-state index is 0.0574. The lowest BCUT2D eigenvalue weighted by Crippen LogP contribution is -2.45. The Hall–Kier alpha value is -2.14. The number of aryl methyl sites for hydroxylation is 1. The smallest absolute Gasteiger partial charge is 0.276 e. The molecular weight excluding hydrogens is 280 g/mol. The molecule has 0 unspecified atom stereocenters. The molecule has 0 saturated carbocycles. The molecule has 1 aromatic carbocycles. The van der Waals surface area contributed by atoms with E-state index in [9.17, 15) is 4.79 Å². The van der Waals surface area contributed by atoms with Gasteiger partial charge >= 0.3 is 0 Å². The lowest BCUT2D eigenvalue weighted by Gasteiger charge is -2.39. The molecule has 0 atom stereocenters. The number of benzene rings is 1. The quantitative estimate of drug-likeness (QED) is 0.812. The van der Waals surface area contributed by atoms with Crippen LogP contribution in [0.1, 0.15) is 40.2 Å². The van der Waals surface area contributed by atoms with Crippen LogP contribution < -0.4 is 0 Å². The van der Waals surface area contributed by atoms with Crippen molar-refractivity contribution in [2.75, 3.05) is 13.1 Å². The third-order valence-electron chi connectivity index (χ3n) is 4.72. The first-order valence-corrected chi connectivity index (χ1v) is 7.63. The van der Waals surface area contributed by atoms with Crippen LogP contribution in [0.2, 0.25) is 0 Å². The summed E-state index contributed by atoms with van der Waals surface area (Å²) in [5.74, 6) is 0.600. The molecule has 2 aliphatic heterocycles. The van der Waals surface area contributed by atoms with E-state index in [0.717, 1.165) is 12.8 Å². The molecule has 2 aliphatic rings. The number of amides is 1. The van der Waals surface area contributed by atoms with E-state index in [1.807, 2.05) is 11.0 Å². The van der Waals surface area contributed by atoms with Crippen molar-refractivity contribution >= 4 is 5.91 Å². The van der Waals surface area contributed by atoms with E-state index in [1.165, 1.54) is 11.1 Å². The van der Waals surface area contributed by atoms with E-state index in [1.54, 1.807) is 13.0 Å². The zero-order valence-corrected chi connectivity index (χ0v) is 12.5. The van der Waals surface area contributed by atoms with Crippen molar-refractivity contribution in [3.8, 4) is 0 Å². The first kappa shape index (κ1) is 13.5. The number of carbonyl (C=O) groups is 1. The van der Waals surface area contributed by atoms with Crippen molar-refractivity contribution in [2.24, 2.45) is 0 Å². The van der Waals surface area contributed by atoms with Crippen LogP contribution >= 0.6 is 0 Å². The fourth-order valence-electron chi connectivity index (χ4n) is 3.50. The van der Waals surface area contributed by atoms with Crippen molar-refractivity contribution in [2.45, 2.75) is 32.0 Å². The number of aromatic nitrogens is 1. The summed E-state index contributed by atoms with van der Waals surface area (Å²) in [5, 5.41) is 3.82. The number of rotatable bonds is 1. The Labute approximate surface area is 128 Å². The summed E-state index contributed by atoms with van der Waals surface area (Å²) in [5.41, 5.74) is 2.74. The number of ether oxygens (including phenoxy) is 1. The molecule has 3 heterocycles. The summed E-state index contributed by atoms with van der Waals surface area (Å²) in [6.45, 7) is 3.82. The highest BCUT2D eigenvalue weighted by Gasteiger charge is 2.43. The van der Waals surface area contributed by atoms with Gasteiger partial charge in [0.05, 0.1) is 12.2 Å². The van der Waals surface area contributed by atoms with E-state index in [0.29, 0.717) is 31.2 Å². The Bertz CT molecular complexity index is 714. The summed E-state index contributed by atoms with van der Waals surface area (Å²) in [4.78, 5) is 14.3. The molecule has 1 fully saturated rings. The molecule has 0 radical (unpaired) electrons. The molecule has 5 heteroatoms. The minimum atomic E-state index is -0.215. The van der Waals surface area contributed by atoms with E-state index < -0.39 is 0 Å². The normalized spacial score (nSPS) is 19.4. The highest BCUT2D eigenvalue weighted by atomic mass is 16.5. The van der Waals surface area contributed by atoms with Gasteiger partial charge in [0.15, 0.2) is 5.69 Å². The Balaban J connectivity index is 1.51. The molecule has 1 spiro atoms. The second-order valence-electron chi connectivity index (χ2n) is 6.06. The first-order valence-electron chi connectivity index (χ1n) is 7.63. The number of nitrogens with zero attached hydrogens (tertiary/aromatic N) is 2. The molecule has 0 aliphatic carbocycles. The maximum absolute atomic E-state index is 12.4. The van der Waals surface area contributed by atoms with Gasteiger partial charge in [0.2, 0.25) is 0 Å². The number of fused-ring (bicyclic) bond motifs is 2. The van der Waals surface area contributed by atoms with Gasteiger partial charge in [0, 0.05) is 19.2 Å². The molecule has 0 N–H and O–H groups in total. The number of carbonyl (C=O) groups excluding carboxylic acids is 1. The monoisotopic (exact) mass is 298 g/mol. The lowest BCUT2D eigenvalue weighted by molar-refractivity contribution is -0.0742. The number of hydrogen-bond donors (Lipinski definition) is 0. The Morgan fingerprint density at radius 2 is 2.05 bits per heavy atom. The molecule has 4 rings (SSSR count). The van der Waals surface area contributed by atoms with Crippen molar-refractivity contribution in [1.29, 1.82) is 0 Å². The van der Waals surface area contributed by atoms with Crippen LogP contribution in [-0.4, -0.2) is 29.1 Å². The van der Waals surface area contributed by atoms with E-state index >= 15 is 0 Å². The van der Waals surface area contributed by atoms with Crippen LogP contribution in [0.4, 0.5) is 0 Å². The molecule has 114 valence electrons. The molecule has 5 nitrogen and oxygen atoms in total. The molecule has 1 saturated heterocycles. The molecule has 22 heavy (non-hydrogen) atoms. The van der Waals surface area contributed by atoms with Gasteiger partial charge < -0.3 is 14.2 Å². The maximum Gasteiger partial charge on any atom is 0.276 e. The van der Waals surface area contributed by atoms with Crippen molar-refractivity contribution < 1.29 is 14.1 Å². The molecule has 0 bridgehead atoms. The largest absolute Gasteiger partial charge is 0.365 e. The van der Waals surface area contributed by atoms with E-state index in [2.05, 4.69) is 23.4 Å². The predicted molar refractivity (Wildman–Crippen MR) is 79.3 cm³/mol. The first-order chi connectivity index (χ1) is 10.7. The summed E-state index contributed by atoms with van der Waals surface area (Å²) in [7, 11) is 0. The Kier molecular flexibility index (Phi) is 3.04. The van der Waals surface area contributed by atoms with Gasteiger partial charge in [-0.05, 0) is 30.9 Å². The van der Waals surface area contributed by atoms with Crippen LogP contribution in [0.15, 0.2) is 34.9 Å². The SMILES string of the molecule is Cc1cc(C(=O)N2CCC3(CC2)OCc2ccccc23)no1. The summed E-state index contributed by atoms with van der Waals surface area (Å²) >= 11 is 0. The lowest BCUT2D eigenvalue weighted by atomic mass is 9.84. The zero-order valence-electron chi connectivity index (χ0n) is 12.5. The number of piperidine rings is 1. The van der Waals surface area contributed by atoms with Crippen molar-refractivity contribution in [3.63, 3.8) is 0 Å². The zero-order chi connectivity index (χ0) is 15.2. The molecule has 2 aromatic rings. The standard InChI is InChI=1S/C17H18N2O3/c1-12-10-15(18-22-12)16(20)19-8-6-17(7-9-19)14-5-3-2-4-13(14)11-21-17/h2-5,10H,6-9,11H2,1H3. The second kappa shape index (κ2) is 4.95. The van der Waals surface area contributed by atoms with Crippen LogP contribution in [-0.2, 0) is 16.9 Å². The Morgan fingerprint density at radius 1 is 1.27 bits per heavy atom. The highest BCUT2D eigenvalue weighted by Crippen LogP contribution is 2.44. The van der Waals surface area contributed by atoms with E-state index in [4.69, 9.17) is 9.26 Å². The maximum atomic E-state index is 12.4. The van der Waals surface area contributed by atoms with Gasteiger partial charge in [-0.1, -0.05) is 29.4 Å². The van der Waals surface area contributed by atoms with Crippen LogP contribution in [0.5, 0.6) is 0 Å². The van der Waals surface area contributed by atoms with Crippen LogP contribution in [0, 0.1) is 6.92 Å². The topological polar surface area (TPSA) is 55.6 Å². The third kappa shape index (κ3) is 2.04. The van der Waals surface area contributed by atoms with Gasteiger partial charge in [-0.3, -0.25) is 4.79 Å². The molecular formula is C17H18N2O3. The molecule has 1 amide bonds. The minimum Gasteiger partial charge on any atom is -0.365 e. The predicted octanol–water partition coefficient (Wildman–Crippen LogP) is 2.64. The number of hydrogen-bond acceptors (Lipinski definition) is 4. The van der Waals surface area contributed by atoms with Gasteiger partial charge in [0.1, 0.15) is 5.76 Å². The van der Waals surface area contributed by atoms with Crippen molar-refractivity contribution in [3.05, 3.63) is 52.9 Å². The van der Waals surface area contributed by atoms with Crippen molar-refractivity contribution in [1.82, 2.24) is 10.1 Å². The summed E-state index contributed by atoms with van der Waals surface area (Å²) in [6, 6.07) is 10.1. The van der Waals surface area contributed by atoms with Gasteiger partial charge in [-0.25, -0.2) is 0 Å². The van der Waals surface area contributed by atoms with Gasteiger partial charge in [-0.15, -0.1) is 0 Å². The third-order valence-corrected chi connectivity index (χ3v) is 4.72. The van der Waals surface area contributed by atoms with Gasteiger partial charge in [-0.2, -0.15) is 0 Å². The van der Waals surface area contributed by atoms with Crippen LogP contribution in [0.25, 0.3) is 0 Å². The van der Waals surface area contributed by atoms with Crippen LogP contribution in [0.3, 0.4) is 0 Å². The summed E-state index contributed by atoms with van der Waals surface area (Å²) in [6.07, 6.45) is 1.65. The highest BCUT2D eigenvalue weighted by molar-refractivity contribution is 5.92. The second-order valence-corrected chi connectivity index (χ2v) is 6.06. The van der Waals surface area contributed by atoms with E-state index in [-0.39, 0.29) is 11.5 Å². The number of likely N-dealkylation sites (tertiary alicyclic amines) is 1. The summed E-state index contributed by atoms with van der Waals surface area (Å²) < 4.78 is 11.1. The fourth-order valence-corrected chi connectivity index (χ4v) is 3.50. The van der Waals surface area contributed by atoms with Gasteiger partial charge in [0.25, 0.3) is 5.91 Å².